The van der Waals surface area contributed by atoms with Crippen LogP contribution in [0.25, 0.3) is 0 Å². The fourth-order valence-electron chi connectivity index (χ4n) is 3.95. The maximum absolute atomic E-state index is 5.12. The molecule has 7 nitrogen and oxygen atoms in total. The summed E-state index contributed by atoms with van der Waals surface area (Å²) in [6.45, 7) is 14.6. The van der Waals surface area contributed by atoms with Crippen LogP contribution in [0.15, 0.2) is 35.3 Å². The van der Waals surface area contributed by atoms with E-state index in [-0.39, 0.29) is 0 Å². The monoisotopic (exact) mass is 446 g/mol. The van der Waals surface area contributed by atoms with Gasteiger partial charge in [0.1, 0.15) is 0 Å². The van der Waals surface area contributed by atoms with E-state index in [1.807, 2.05) is 0 Å². The second-order valence-corrected chi connectivity index (χ2v) is 8.65. The van der Waals surface area contributed by atoms with Gasteiger partial charge in [0.15, 0.2) is 5.96 Å². The van der Waals surface area contributed by atoms with Crippen molar-refractivity contribution in [3.05, 3.63) is 35.9 Å². The molecular formula is C25H46N6O. The first-order valence-corrected chi connectivity index (χ1v) is 12.4. The first-order valence-electron chi connectivity index (χ1n) is 12.4. The van der Waals surface area contributed by atoms with Crippen LogP contribution in [0.1, 0.15) is 31.7 Å². The quantitative estimate of drug-likeness (QED) is 0.245. The van der Waals surface area contributed by atoms with Crippen LogP contribution in [-0.2, 0) is 11.3 Å². The summed E-state index contributed by atoms with van der Waals surface area (Å²) in [4.78, 5) is 12.3. The number of hydrogen-bond donors (Lipinski definition) is 2. The number of nitrogens with one attached hydrogen (secondary N) is 2. The zero-order chi connectivity index (χ0) is 22.9. The van der Waals surface area contributed by atoms with Gasteiger partial charge in [-0.25, -0.2) is 0 Å². The molecule has 7 heteroatoms. The van der Waals surface area contributed by atoms with E-state index in [4.69, 9.17) is 9.73 Å². The molecule has 1 fully saturated rings. The molecule has 0 bridgehead atoms. The lowest BCUT2D eigenvalue weighted by atomic mass is 10.2. The Morgan fingerprint density at radius 2 is 1.75 bits per heavy atom. The standard InChI is InChI=1S/C25H46N6O/c1-4-26-25(28-14-17-29(2)15-10-22-32-3)27-13-8-9-16-30-18-20-31(21-19-30)23-24-11-6-5-7-12-24/h5-7,11-12H,4,8-10,13-23H2,1-3H3,(H2,26,27,28). The van der Waals surface area contributed by atoms with Crippen molar-refractivity contribution in [3.8, 4) is 0 Å². The number of methoxy groups -OCH3 is 1. The first-order chi connectivity index (χ1) is 15.7. The third-order valence-corrected chi connectivity index (χ3v) is 5.88. The van der Waals surface area contributed by atoms with Crippen LogP contribution in [0.3, 0.4) is 0 Å². The Labute approximate surface area is 196 Å². The molecule has 0 atom stereocenters. The molecule has 182 valence electrons. The predicted molar refractivity (Wildman–Crippen MR) is 135 cm³/mol. The van der Waals surface area contributed by atoms with Crippen LogP contribution >= 0.6 is 0 Å². The van der Waals surface area contributed by atoms with Crippen molar-refractivity contribution in [2.24, 2.45) is 4.99 Å². The van der Waals surface area contributed by atoms with E-state index >= 15 is 0 Å². The number of aliphatic imine (C=N–C) groups is 1. The molecule has 0 amide bonds. The first kappa shape index (κ1) is 26.6. The highest BCUT2D eigenvalue weighted by molar-refractivity contribution is 5.79. The van der Waals surface area contributed by atoms with E-state index in [9.17, 15) is 0 Å². The number of guanidine groups is 1. The van der Waals surface area contributed by atoms with Gasteiger partial charge in [0.25, 0.3) is 0 Å². The number of hydrogen-bond acceptors (Lipinski definition) is 5. The van der Waals surface area contributed by atoms with Gasteiger partial charge in [0.2, 0.25) is 0 Å². The normalized spacial score (nSPS) is 15.9. The van der Waals surface area contributed by atoms with Crippen LogP contribution < -0.4 is 10.6 Å². The van der Waals surface area contributed by atoms with E-state index in [0.717, 1.165) is 64.7 Å². The van der Waals surface area contributed by atoms with Crippen LogP contribution in [0.2, 0.25) is 0 Å². The molecule has 0 aromatic heterocycles. The Morgan fingerprint density at radius 3 is 2.47 bits per heavy atom. The number of ether oxygens (including phenoxy) is 1. The topological polar surface area (TPSA) is 55.4 Å². The lowest BCUT2D eigenvalue weighted by Gasteiger charge is -2.34. The third-order valence-electron chi connectivity index (χ3n) is 5.88. The van der Waals surface area contributed by atoms with E-state index in [2.05, 4.69) is 69.6 Å². The fourth-order valence-corrected chi connectivity index (χ4v) is 3.95. The largest absolute Gasteiger partial charge is 0.385 e. The van der Waals surface area contributed by atoms with Gasteiger partial charge in [-0.2, -0.15) is 0 Å². The van der Waals surface area contributed by atoms with Gasteiger partial charge in [-0.3, -0.25) is 9.89 Å². The van der Waals surface area contributed by atoms with Crippen LogP contribution in [0.5, 0.6) is 0 Å². The number of benzene rings is 1. The summed E-state index contributed by atoms with van der Waals surface area (Å²) >= 11 is 0. The Balaban J connectivity index is 1.54. The number of piperazine rings is 1. The summed E-state index contributed by atoms with van der Waals surface area (Å²) in [6.07, 6.45) is 3.42. The van der Waals surface area contributed by atoms with Crippen LogP contribution in [0.4, 0.5) is 0 Å². The van der Waals surface area contributed by atoms with Gasteiger partial charge in [-0.1, -0.05) is 30.3 Å². The van der Waals surface area contributed by atoms with Gasteiger partial charge >= 0.3 is 0 Å². The van der Waals surface area contributed by atoms with E-state index in [0.29, 0.717) is 0 Å². The molecule has 1 aromatic rings. The second kappa shape index (κ2) is 16.9. The van der Waals surface area contributed by atoms with E-state index in [1.54, 1.807) is 7.11 Å². The van der Waals surface area contributed by atoms with Gasteiger partial charge < -0.3 is 25.2 Å². The molecule has 0 radical (unpaired) electrons. The molecule has 1 aliphatic rings. The molecule has 1 heterocycles. The number of unbranched alkanes of at least 4 members (excludes halogenated alkanes) is 1. The minimum Gasteiger partial charge on any atom is -0.385 e. The van der Waals surface area contributed by atoms with Crippen molar-refractivity contribution >= 4 is 5.96 Å². The molecule has 0 saturated carbocycles. The van der Waals surface area contributed by atoms with Crippen molar-refractivity contribution in [1.82, 2.24) is 25.3 Å². The van der Waals surface area contributed by atoms with E-state index < -0.39 is 0 Å². The zero-order valence-electron chi connectivity index (χ0n) is 20.7. The van der Waals surface area contributed by atoms with Crippen molar-refractivity contribution in [1.29, 1.82) is 0 Å². The minimum atomic E-state index is 0.825. The average molecular weight is 447 g/mol. The molecule has 2 N–H and O–H groups in total. The Kier molecular flexibility index (Phi) is 14.0. The van der Waals surface area contributed by atoms with Gasteiger partial charge in [-0.05, 0) is 45.3 Å². The van der Waals surface area contributed by atoms with Crippen molar-refractivity contribution in [2.45, 2.75) is 32.7 Å². The lowest BCUT2D eigenvalue weighted by Crippen LogP contribution is -2.46. The molecule has 32 heavy (non-hydrogen) atoms. The molecule has 2 rings (SSSR count). The maximum Gasteiger partial charge on any atom is 0.191 e. The zero-order valence-corrected chi connectivity index (χ0v) is 20.7. The molecule has 1 aromatic carbocycles. The Hall–Kier alpha value is -1.67. The Morgan fingerprint density at radius 1 is 1.00 bits per heavy atom. The number of rotatable bonds is 15. The third kappa shape index (κ3) is 11.8. The number of likely N-dealkylation sites (N-methyl/N-ethyl adjacent to an activating group) is 1. The summed E-state index contributed by atoms with van der Waals surface area (Å²) in [5.41, 5.74) is 1.42. The molecule has 0 unspecified atom stereocenters. The smallest absolute Gasteiger partial charge is 0.191 e. The second-order valence-electron chi connectivity index (χ2n) is 8.65. The summed E-state index contributed by atoms with van der Waals surface area (Å²) in [5, 5.41) is 6.82. The average Bonchev–Trinajstić information content (AvgIpc) is 2.81. The minimum absolute atomic E-state index is 0.825. The highest BCUT2D eigenvalue weighted by Gasteiger charge is 2.16. The van der Waals surface area contributed by atoms with Gasteiger partial charge in [0, 0.05) is 79.2 Å². The summed E-state index contributed by atoms with van der Waals surface area (Å²) in [7, 11) is 3.91. The summed E-state index contributed by atoms with van der Waals surface area (Å²) in [6, 6.07) is 10.8. The molecule has 0 aliphatic carbocycles. The van der Waals surface area contributed by atoms with Crippen molar-refractivity contribution < 1.29 is 4.74 Å². The summed E-state index contributed by atoms with van der Waals surface area (Å²) < 4.78 is 5.12. The highest BCUT2D eigenvalue weighted by Crippen LogP contribution is 2.09. The van der Waals surface area contributed by atoms with Gasteiger partial charge in [0.05, 0.1) is 0 Å². The highest BCUT2D eigenvalue weighted by atomic mass is 16.5. The predicted octanol–water partition coefficient (Wildman–Crippen LogP) is 2.11. The molecule has 1 saturated heterocycles. The molecular weight excluding hydrogens is 400 g/mol. The van der Waals surface area contributed by atoms with E-state index in [1.165, 1.54) is 44.7 Å². The van der Waals surface area contributed by atoms with Crippen LogP contribution in [0, 0.1) is 0 Å². The SMILES string of the molecule is CCNC(=NCCCCN1CCN(Cc2ccccc2)CC1)NCCN(C)CCCOC. The molecule has 0 spiro atoms. The van der Waals surface area contributed by atoms with Crippen molar-refractivity contribution in [2.75, 3.05) is 86.2 Å². The van der Waals surface area contributed by atoms with Crippen LogP contribution in [-0.4, -0.2) is 107 Å². The summed E-state index contributed by atoms with van der Waals surface area (Å²) in [5.74, 6) is 0.937. The Bertz CT molecular complexity index is 604. The van der Waals surface area contributed by atoms with Gasteiger partial charge in [-0.15, -0.1) is 0 Å². The van der Waals surface area contributed by atoms with Crippen molar-refractivity contribution in [3.63, 3.8) is 0 Å². The lowest BCUT2D eigenvalue weighted by molar-refractivity contribution is 0.126. The fraction of sp³-hybridized carbons (Fsp3) is 0.720. The molecule has 1 aliphatic heterocycles. The number of nitrogens with zero attached hydrogens (tertiary/aromatic N) is 4. The maximum atomic E-state index is 5.12.